The van der Waals surface area contributed by atoms with E-state index in [-0.39, 0.29) is 6.04 Å². The fourth-order valence-electron chi connectivity index (χ4n) is 3.72. The number of benzene rings is 1. The summed E-state index contributed by atoms with van der Waals surface area (Å²) in [6.07, 6.45) is 2.06. The molecule has 0 aliphatic carbocycles. The summed E-state index contributed by atoms with van der Waals surface area (Å²) in [5.41, 5.74) is 3.77. The van der Waals surface area contributed by atoms with Crippen LogP contribution in [0.3, 0.4) is 0 Å². The van der Waals surface area contributed by atoms with Gasteiger partial charge >= 0.3 is 0 Å². The molecule has 9 heteroatoms. The van der Waals surface area contributed by atoms with Gasteiger partial charge in [0.2, 0.25) is 11.6 Å². The maximum absolute atomic E-state index is 6.02. The zero-order valence-electron chi connectivity index (χ0n) is 17.0. The van der Waals surface area contributed by atoms with E-state index in [1.807, 2.05) is 19.1 Å². The maximum atomic E-state index is 6.02. The van der Waals surface area contributed by atoms with Gasteiger partial charge in [0.05, 0.1) is 38.6 Å². The predicted molar refractivity (Wildman–Crippen MR) is 109 cm³/mol. The standard InChI is InChI=1S/C20H24N4O4S/c1-12-18(29-11-21-12)20-23-22-19(28-20)14-6-5-7-24(14)10-13-8-15(25-2)17(27-4)16(9-13)26-3/h8-9,11,14H,5-7,10H2,1-4H3. The van der Waals surface area contributed by atoms with Crippen molar-refractivity contribution in [2.24, 2.45) is 0 Å². The number of rotatable bonds is 7. The van der Waals surface area contributed by atoms with E-state index in [1.165, 1.54) is 11.3 Å². The molecular weight excluding hydrogens is 392 g/mol. The van der Waals surface area contributed by atoms with Gasteiger partial charge in [0, 0.05) is 6.54 Å². The number of methoxy groups -OCH3 is 3. The molecule has 0 N–H and O–H groups in total. The minimum absolute atomic E-state index is 0.0866. The average molecular weight is 417 g/mol. The molecule has 0 spiro atoms. The molecule has 0 amide bonds. The highest BCUT2D eigenvalue weighted by Gasteiger charge is 2.31. The van der Waals surface area contributed by atoms with Gasteiger partial charge in [-0.3, -0.25) is 4.90 Å². The first-order valence-electron chi connectivity index (χ1n) is 9.41. The number of thiazole rings is 1. The fraction of sp³-hybridized carbons (Fsp3) is 0.450. The fourth-order valence-corrected chi connectivity index (χ4v) is 4.45. The second kappa shape index (κ2) is 8.38. The number of aromatic nitrogens is 3. The molecule has 1 unspecified atom stereocenters. The van der Waals surface area contributed by atoms with Crippen LogP contribution in [-0.4, -0.2) is 48.0 Å². The molecule has 0 radical (unpaired) electrons. The smallest absolute Gasteiger partial charge is 0.259 e. The molecule has 0 saturated carbocycles. The highest BCUT2D eigenvalue weighted by molar-refractivity contribution is 7.13. The topological polar surface area (TPSA) is 82.7 Å². The lowest BCUT2D eigenvalue weighted by Crippen LogP contribution is -2.23. The second-order valence-corrected chi connectivity index (χ2v) is 7.73. The van der Waals surface area contributed by atoms with Gasteiger partial charge in [-0.1, -0.05) is 0 Å². The Hall–Kier alpha value is -2.65. The first-order valence-corrected chi connectivity index (χ1v) is 10.3. The zero-order valence-corrected chi connectivity index (χ0v) is 17.8. The molecule has 3 heterocycles. The van der Waals surface area contributed by atoms with Crippen LogP contribution in [0.15, 0.2) is 22.1 Å². The summed E-state index contributed by atoms with van der Waals surface area (Å²) in [4.78, 5) is 7.54. The van der Waals surface area contributed by atoms with Crippen LogP contribution in [0.4, 0.5) is 0 Å². The minimum atomic E-state index is 0.0866. The van der Waals surface area contributed by atoms with E-state index >= 15 is 0 Å². The van der Waals surface area contributed by atoms with E-state index in [0.29, 0.717) is 29.0 Å². The SMILES string of the molecule is COc1cc(CN2CCCC2c2nnc(-c3scnc3C)o2)cc(OC)c1OC. The highest BCUT2D eigenvalue weighted by atomic mass is 32.1. The Labute approximate surface area is 173 Å². The van der Waals surface area contributed by atoms with E-state index in [2.05, 4.69) is 20.1 Å². The van der Waals surface area contributed by atoms with Crippen LogP contribution in [0.2, 0.25) is 0 Å². The van der Waals surface area contributed by atoms with E-state index < -0.39 is 0 Å². The van der Waals surface area contributed by atoms with Gasteiger partial charge < -0.3 is 18.6 Å². The van der Waals surface area contributed by atoms with Crippen molar-refractivity contribution in [2.75, 3.05) is 27.9 Å². The van der Waals surface area contributed by atoms with Gasteiger partial charge in [-0.15, -0.1) is 21.5 Å². The van der Waals surface area contributed by atoms with Crippen molar-refractivity contribution in [3.63, 3.8) is 0 Å². The van der Waals surface area contributed by atoms with Crippen LogP contribution in [0.25, 0.3) is 10.8 Å². The normalized spacial score (nSPS) is 16.9. The quantitative estimate of drug-likeness (QED) is 0.574. The number of aryl methyl sites for hydroxylation is 1. The van der Waals surface area contributed by atoms with Crippen LogP contribution >= 0.6 is 11.3 Å². The summed E-state index contributed by atoms with van der Waals surface area (Å²) < 4.78 is 22.4. The zero-order chi connectivity index (χ0) is 20.4. The Morgan fingerprint density at radius 2 is 1.90 bits per heavy atom. The third-order valence-electron chi connectivity index (χ3n) is 5.14. The van der Waals surface area contributed by atoms with Crippen LogP contribution in [0, 0.1) is 6.92 Å². The van der Waals surface area contributed by atoms with Gasteiger partial charge in [-0.05, 0) is 44.0 Å². The van der Waals surface area contributed by atoms with Crippen molar-refractivity contribution in [3.05, 3.63) is 34.8 Å². The molecule has 1 atom stereocenters. The Kier molecular flexibility index (Phi) is 5.68. The molecular formula is C20H24N4O4S. The number of hydrogen-bond acceptors (Lipinski definition) is 9. The van der Waals surface area contributed by atoms with Crippen molar-refractivity contribution >= 4 is 11.3 Å². The summed E-state index contributed by atoms with van der Waals surface area (Å²) in [5.74, 6) is 3.09. The molecule has 1 aliphatic rings. The largest absolute Gasteiger partial charge is 0.493 e. The highest BCUT2D eigenvalue weighted by Crippen LogP contribution is 2.40. The van der Waals surface area contributed by atoms with Crippen molar-refractivity contribution in [1.29, 1.82) is 0 Å². The molecule has 1 saturated heterocycles. The summed E-state index contributed by atoms with van der Waals surface area (Å²) >= 11 is 1.51. The number of ether oxygens (including phenoxy) is 3. The first-order chi connectivity index (χ1) is 14.1. The van der Waals surface area contributed by atoms with Gasteiger partial charge in [-0.25, -0.2) is 4.98 Å². The molecule has 1 fully saturated rings. The lowest BCUT2D eigenvalue weighted by Gasteiger charge is -2.22. The van der Waals surface area contributed by atoms with Gasteiger partial charge in [0.15, 0.2) is 11.5 Å². The molecule has 2 aromatic heterocycles. The monoisotopic (exact) mass is 416 g/mol. The van der Waals surface area contributed by atoms with Crippen molar-refractivity contribution in [1.82, 2.24) is 20.1 Å². The number of hydrogen-bond donors (Lipinski definition) is 0. The van der Waals surface area contributed by atoms with Gasteiger partial charge in [0.1, 0.15) is 4.88 Å². The second-order valence-electron chi connectivity index (χ2n) is 6.87. The van der Waals surface area contributed by atoms with Crippen molar-refractivity contribution in [3.8, 4) is 28.0 Å². The lowest BCUT2D eigenvalue weighted by atomic mass is 10.1. The molecule has 1 aromatic carbocycles. The lowest BCUT2D eigenvalue weighted by molar-refractivity contribution is 0.215. The molecule has 3 aromatic rings. The molecule has 4 rings (SSSR count). The molecule has 0 bridgehead atoms. The summed E-state index contributed by atoms with van der Waals surface area (Å²) in [7, 11) is 4.86. The number of likely N-dealkylation sites (tertiary alicyclic amines) is 1. The van der Waals surface area contributed by atoms with Crippen LogP contribution in [0.5, 0.6) is 17.2 Å². The minimum Gasteiger partial charge on any atom is -0.493 e. The van der Waals surface area contributed by atoms with Crippen LogP contribution in [0.1, 0.15) is 36.0 Å². The van der Waals surface area contributed by atoms with Crippen molar-refractivity contribution < 1.29 is 18.6 Å². The maximum Gasteiger partial charge on any atom is 0.259 e. The van der Waals surface area contributed by atoms with Crippen LogP contribution < -0.4 is 14.2 Å². The van der Waals surface area contributed by atoms with Gasteiger partial charge in [-0.2, -0.15) is 0 Å². The third kappa shape index (κ3) is 3.79. The molecule has 8 nitrogen and oxygen atoms in total. The Morgan fingerprint density at radius 3 is 2.52 bits per heavy atom. The van der Waals surface area contributed by atoms with Crippen molar-refractivity contribution in [2.45, 2.75) is 32.4 Å². The van der Waals surface area contributed by atoms with E-state index in [1.54, 1.807) is 26.8 Å². The third-order valence-corrected chi connectivity index (χ3v) is 6.06. The average Bonchev–Trinajstić information content (AvgIpc) is 3.47. The summed E-state index contributed by atoms with van der Waals surface area (Å²) in [5, 5.41) is 8.59. The Bertz CT molecular complexity index is 962. The summed E-state index contributed by atoms with van der Waals surface area (Å²) in [6.45, 7) is 3.62. The molecule has 154 valence electrons. The first kappa shape index (κ1) is 19.7. The van der Waals surface area contributed by atoms with E-state index in [4.69, 9.17) is 18.6 Å². The van der Waals surface area contributed by atoms with E-state index in [9.17, 15) is 0 Å². The number of nitrogens with zero attached hydrogens (tertiary/aromatic N) is 4. The molecule has 1 aliphatic heterocycles. The van der Waals surface area contributed by atoms with E-state index in [0.717, 1.165) is 42.1 Å². The predicted octanol–water partition coefficient (Wildman–Crippen LogP) is 3.86. The van der Waals surface area contributed by atoms with Gasteiger partial charge in [0.25, 0.3) is 5.89 Å². The summed E-state index contributed by atoms with van der Waals surface area (Å²) in [6, 6.07) is 4.05. The molecule has 29 heavy (non-hydrogen) atoms. The Balaban J connectivity index is 1.57. The Morgan fingerprint density at radius 1 is 1.14 bits per heavy atom. The van der Waals surface area contributed by atoms with Crippen LogP contribution in [-0.2, 0) is 6.54 Å².